The molecule has 1 saturated heterocycles. The topological polar surface area (TPSA) is 88.7 Å². The van der Waals surface area contributed by atoms with Gasteiger partial charge >= 0.3 is 5.97 Å². The molecule has 31 heavy (non-hydrogen) atoms. The number of para-hydroxylation sites is 1. The molecule has 4 rings (SSSR count). The van der Waals surface area contributed by atoms with Gasteiger partial charge < -0.3 is 14.7 Å². The number of benzene rings is 1. The van der Waals surface area contributed by atoms with Crippen molar-refractivity contribution in [2.75, 3.05) is 13.2 Å². The van der Waals surface area contributed by atoms with Gasteiger partial charge in [0.1, 0.15) is 11.2 Å². The molecule has 1 aromatic carbocycles. The number of hydrogen-bond donors (Lipinski definition) is 1. The van der Waals surface area contributed by atoms with Crippen molar-refractivity contribution in [3.05, 3.63) is 47.8 Å². The van der Waals surface area contributed by atoms with Crippen molar-refractivity contribution in [1.29, 1.82) is 0 Å². The summed E-state index contributed by atoms with van der Waals surface area (Å²) in [6.07, 6.45) is 6.58. The molecule has 1 N–H and O–H groups in total. The zero-order valence-corrected chi connectivity index (χ0v) is 18.0. The Hall–Kier alpha value is -2.93. The number of aromatic nitrogens is 1. The minimum Gasteiger partial charge on any atom is -0.361 e. The molecule has 2 heterocycles. The summed E-state index contributed by atoms with van der Waals surface area (Å²) in [5.74, 6) is -1.64. The smallest absolute Gasteiger partial charge is 0.355 e. The van der Waals surface area contributed by atoms with Crippen LogP contribution in [0.5, 0.6) is 0 Å². The lowest BCUT2D eigenvalue weighted by atomic mass is 9.68. The van der Waals surface area contributed by atoms with E-state index in [4.69, 9.17) is 9.78 Å². The number of likely N-dealkylation sites (tertiary alicyclic amines) is 1. The molecule has 1 amide bonds. The van der Waals surface area contributed by atoms with Crippen molar-refractivity contribution in [3.63, 3.8) is 0 Å². The first-order valence-corrected chi connectivity index (χ1v) is 10.9. The fraction of sp³-hybridized carbons (Fsp3) is 0.458. The maximum absolute atomic E-state index is 13.5. The number of H-pyrrole nitrogens is 1. The molecule has 1 aliphatic heterocycles. The Kier molecular flexibility index (Phi) is 5.96. The van der Waals surface area contributed by atoms with Crippen LogP contribution >= 0.6 is 0 Å². The van der Waals surface area contributed by atoms with Crippen LogP contribution in [0.4, 0.5) is 0 Å². The van der Waals surface area contributed by atoms with Gasteiger partial charge in [-0.05, 0) is 51.2 Å². The van der Waals surface area contributed by atoms with Crippen LogP contribution in [0.3, 0.4) is 0 Å². The molecule has 1 fully saturated rings. The third kappa shape index (κ3) is 3.67. The lowest BCUT2D eigenvalue weighted by Crippen LogP contribution is -2.41. The highest BCUT2D eigenvalue weighted by atomic mass is 17.2. The molecule has 0 radical (unpaired) electrons. The number of fused-ring (bicyclic) bond motifs is 2. The maximum atomic E-state index is 13.5. The molecule has 7 heteroatoms. The molecule has 0 saturated carbocycles. The van der Waals surface area contributed by atoms with Crippen molar-refractivity contribution >= 4 is 28.6 Å². The summed E-state index contributed by atoms with van der Waals surface area (Å²) in [5.41, 5.74) is 1.67. The fourth-order valence-corrected chi connectivity index (χ4v) is 5.04. The zero-order chi connectivity index (χ0) is 22.0. The summed E-state index contributed by atoms with van der Waals surface area (Å²) in [6.45, 7) is 3.83. The van der Waals surface area contributed by atoms with E-state index in [1.807, 2.05) is 30.5 Å². The van der Waals surface area contributed by atoms with Crippen LogP contribution in [0.1, 0.15) is 45.1 Å². The van der Waals surface area contributed by atoms with Crippen molar-refractivity contribution in [3.8, 4) is 0 Å². The highest BCUT2D eigenvalue weighted by molar-refractivity contribution is 5.98. The standard InChI is InChI=1S/C24H28N2O5/c1-3-30-31-23(29)24-12-7-6-10-21(24)26(22(28)19(24)14-16(2)27)13-11-17-15-25-20-9-5-4-8-18(17)20/h4-5,8-10,15,19,25H,3,6-7,11-14H2,1-2H3/t19-,24-/m1/s1. The SMILES string of the molecule is CCOOC(=O)[C@@]12CCCC=C1N(CCc1c[nH]c3ccccc13)C(=O)[C@H]2CC(C)=O. The quantitative estimate of drug-likeness (QED) is 0.516. The summed E-state index contributed by atoms with van der Waals surface area (Å²) < 4.78 is 0. The van der Waals surface area contributed by atoms with E-state index in [-0.39, 0.29) is 24.7 Å². The molecule has 1 aliphatic carbocycles. The minimum atomic E-state index is -1.16. The Bertz CT molecular complexity index is 1040. The van der Waals surface area contributed by atoms with Crippen molar-refractivity contribution in [1.82, 2.24) is 9.88 Å². The summed E-state index contributed by atoms with van der Waals surface area (Å²) in [7, 11) is 0. The van der Waals surface area contributed by atoms with Crippen LogP contribution in [0.2, 0.25) is 0 Å². The number of amides is 1. The number of allylic oxidation sites excluding steroid dienone is 1. The Morgan fingerprint density at radius 1 is 1.29 bits per heavy atom. The Morgan fingerprint density at radius 2 is 2.10 bits per heavy atom. The number of aromatic amines is 1. The lowest BCUT2D eigenvalue weighted by molar-refractivity contribution is -0.278. The van der Waals surface area contributed by atoms with E-state index >= 15 is 0 Å². The summed E-state index contributed by atoms with van der Waals surface area (Å²) >= 11 is 0. The van der Waals surface area contributed by atoms with Gasteiger partial charge in [0, 0.05) is 35.8 Å². The number of ketones is 1. The van der Waals surface area contributed by atoms with Gasteiger partial charge in [0.15, 0.2) is 0 Å². The number of nitrogens with one attached hydrogen (secondary N) is 1. The first-order chi connectivity index (χ1) is 15.0. The monoisotopic (exact) mass is 424 g/mol. The van der Waals surface area contributed by atoms with Crippen LogP contribution in [-0.2, 0) is 30.6 Å². The van der Waals surface area contributed by atoms with Gasteiger partial charge in [-0.2, -0.15) is 4.89 Å². The van der Waals surface area contributed by atoms with E-state index in [2.05, 4.69) is 11.1 Å². The summed E-state index contributed by atoms with van der Waals surface area (Å²) in [5, 5.41) is 1.12. The van der Waals surface area contributed by atoms with E-state index in [9.17, 15) is 14.4 Å². The van der Waals surface area contributed by atoms with Gasteiger partial charge in [-0.1, -0.05) is 24.3 Å². The van der Waals surface area contributed by atoms with Crippen molar-refractivity contribution in [2.45, 2.75) is 46.0 Å². The number of hydrogen-bond acceptors (Lipinski definition) is 5. The molecular formula is C24H28N2O5. The normalized spacial score (nSPS) is 23.0. The maximum Gasteiger partial charge on any atom is 0.355 e. The second-order valence-electron chi connectivity index (χ2n) is 8.29. The van der Waals surface area contributed by atoms with Gasteiger partial charge in [0.25, 0.3) is 0 Å². The van der Waals surface area contributed by atoms with E-state index in [0.29, 0.717) is 25.1 Å². The number of carbonyl (C=O) groups is 3. The molecule has 2 atom stereocenters. The average molecular weight is 424 g/mol. The fourth-order valence-electron chi connectivity index (χ4n) is 5.04. The van der Waals surface area contributed by atoms with E-state index in [1.165, 1.54) is 6.92 Å². The third-order valence-electron chi connectivity index (χ3n) is 6.41. The van der Waals surface area contributed by atoms with Crippen molar-refractivity contribution < 1.29 is 24.2 Å². The van der Waals surface area contributed by atoms with E-state index in [0.717, 1.165) is 29.3 Å². The van der Waals surface area contributed by atoms with Crippen LogP contribution < -0.4 is 0 Å². The first kappa shape index (κ1) is 21.3. The average Bonchev–Trinajstić information content (AvgIpc) is 3.28. The third-order valence-corrected chi connectivity index (χ3v) is 6.41. The second kappa shape index (κ2) is 8.67. The Morgan fingerprint density at radius 3 is 2.87 bits per heavy atom. The molecule has 1 aromatic heterocycles. The first-order valence-electron chi connectivity index (χ1n) is 10.9. The highest BCUT2D eigenvalue weighted by Crippen LogP contribution is 2.53. The van der Waals surface area contributed by atoms with Crippen molar-refractivity contribution in [2.24, 2.45) is 11.3 Å². The van der Waals surface area contributed by atoms with Gasteiger partial charge in [-0.25, -0.2) is 4.79 Å². The van der Waals surface area contributed by atoms with Crippen LogP contribution in [-0.4, -0.2) is 40.7 Å². The number of carbonyl (C=O) groups excluding carboxylic acids is 3. The predicted molar refractivity (Wildman–Crippen MR) is 115 cm³/mol. The molecule has 2 aliphatic rings. The van der Waals surface area contributed by atoms with E-state index < -0.39 is 17.3 Å². The highest BCUT2D eigenvalue weighted by Gasteiger charge is 2.62. The molecular weight excluding hydrogens is 396 g/mol. The van der Waals surface area contributed by atoms with Crippen LogP contribution in [0.25, 0.3) is 10.9 Å². The summed E-state index contributed by atoms with van der Waals surface area (Å²) in [6, 6.07) is 8.03. The van der Waals surface area contributed by atoms with Gasteiger partial charge in [-0.15, -0.1) is 0 Å². The largest absolute Gasteiger partial charge is 0.361 e. The number of Topliss-reactive ketones (excluding diaryl/α,β-unsaturated/α-hetero) is 1. The predicted octanol–water partition coefficient (Wildman–Crippen LogP) is 3.70. The Labute approximate surface area is 181 Å². The lowest BCUT2D eigenvalue weighted by Gasteiger charge is -2.34. The second-order valence-corrected chi connectivity index (χ2v) is 8.29. The summed E-state index contributed by atoms with van der Waals surface area (Å²) in [4.78, 5) is 53.7. The molecule has 0 bridgehead atoms. The molecule has 164 valence electrons. The van der Waals surface area contributed by atoms with Gasteiger partial charge in [0.2, 0.25) is 5.91 Å². The minimum absolute atomic E-state index is 0.0149. The van der Waals surface area contributed by atoms with Gasteiger partial charge in [0.05, 0.1) is 12.5 Å². The van der Waals surface area contributed by atoms with Crippen LogP contribution in [0.15, 0.2) is 42.2 Å². The molecule has 2 aromatic rings. The van der Waals surface area contributed by atoms with Gasteiger partial charge in [-0.3, -0.25) is 9.68 Å². The van der Waals surface area contributed by atoms with Crippen LogP contribution in [0, 0.1) is 11.3 Å². The number of nitrogens with zero attached hydrogens (tertiary/aromatic N) is 1. The van der Waals surface area contributed by atoms with E-state index in [1.54, 1.807) is 11.8 Å². The Balaban J connectivity index is 1.66. The molecule has 0 spiro atoms. The molecule has 0 unspecified atom stereocenters. The number of rotatable bonds is 8. The molecule has 7 nitrogen and oxygen atoms in total. The zero-order valence-electron chi connectivity index (χ0n) is 18.0.